The van der Waals surface area contributed by atoms with Crippen LogP contribution in [0.3, 0.4) is 0 Å². The molecule has 4 aromatic carbocycles. The molecule has 3 aliphatic heterocycles. The van der Waals surface area contributed by atoms with E-state index < -0.39 is 0 Å². The second-order valence-electron chi connectivity index (χ2n) is 13.0. The van der Waals surface area contributed by atoms with Crippen LogP contribution in [-0.4, -0.2) is 37.7 Å². The molecule has 1 aromatic heterocycles. The van der Waals surface area contributed by atoms with Gasteiger partial charge in [-0.25, -0.2) is 9.37 Å². The summed E-state index contributed by atoms with van der Waals surface area (Å²) >= 11 is 1.69. The summed E-state index contributed by atoms with van der Waals surface area (Å²) in [6.45, 7) is 7.29. The number of rotatable bonds is 7. The average Bonchev–Trinajstić information content (AvgIpc) is 3.56. The molecule has 5 nitrogen and oxygen atoms in total. The third-order valence-electron chi connectivity index (χ3n) is 10.1. The molecule has 47 heavy (non-hydrogen) atoms. The van der Waals surface area contributed by atoms with Crippen molar-refractivity contribution in [2.24, 2.45) is 0 Å². The van der Waals surface area contributed by atoms with Crippen molar-refractivity contribution in [3.63, 3.8) is 0 Å². The molecule has 5 aromatic rings. The Hall–Kier alpha value is -4.36. The highest BCUT2D eigenvalue weighted by Gasteiger charge is 2.34. The zero-order valence-electron chi connectivity index (χ0n) is 27.1. The molecule has 0 unspecified atom stereocenters. The summed E-state index contributed by atoms with van der Waals surface area (Å²) in [5.74, 6) is -0.342. The van der Waals surface area contributed by atoms with Gasteiger partial charge in [-0.1, -0.05) is 53.8 Å². The van der Waals surface area contributed by atoms with E-state index in [1.165, 1.54) is 61.0 Å². The van der Waals surface area contributed by atoms with Crippen LogP contribution in [0.5, 0.6) is 0 Å². The SMILES string of the molecule is CCN(c1ccccc1)c1nc(-c2ccccc2F)c(C2c3ccc(N4CCCCC4)cc3Nc3cc(N4CCCCC4)ccc32)s1. The van der Waals surface area contributed by atoms with Gasteiger partial charge in [-0.2, -0.15) is 0 Å². The molecule has 4 heterocycles. The van der Waals surface area contributed by atoms with Gasteiger partial charge >= 0.3 is 0 Å². The Kier molecular flexibility index (Phi) is 8.32. The maximum atomic E-state index is 15.7. The van der Waals surface area contributed by atoms with Gasteiger partial charge in [0.05, 0.1) is 5.69 Å². The van der Waals surface area contributed by atoms with Crippen molar-refractivity contribution in [1.82, 2.24) is 4.98 Å². The molecule has 7 heteroatoms. The summed E-state index contributed by atoms with van der Waals surface area (Å²) in [6, 6.07) is 31.4. The molecule has 0 bridgehead atoms. The van der Waals surface area contributed by atoms with Crippen LogP contribution in [0, 0.1) is 5.82 Å². The zero-order valence-corrected chi connectivity index (χ0v) is 27.9. The van der Waals surface area contributed by atoms with Gasteiger partial charge in [-0.15, -0.1) is 0 Å². The number of thiazole rings is 1. The van der Waals surface area contributed by atoms with Crippen molar-refractivity contribution in [3.8, 4) is 11.3 Å². The second-order valence-corrected chi connectivity index (χ2v) is 14.0. The lowest BCUT2D eigenvalue weighted by Gasteiger charge is -2.34. The van der Waals surface area contributed by atoms with Crippen molar-refractivity contribution in [1.29, 1.82) is 0 Å². The first-order valence-electron chi connectivity index (χ1n) is 17.3. The smallest absolute Gasteiger partial charge is 0.190 e. The summed E-state index contributed by atoms with van der Waals surface area (Å²) in [5, 5.41) is 4.76. The monoisotopic (exact) mass is 643 g/mol. The maximum absolute atomic E-state index is 15.7. The second kappa shape index (κ2) is 13.0. The molecule has 0 spiro atoms. The summed E-state index contributed by atoms with van der Waals surface area (Å²) < 4.78 is 15.7. The standard InChI is InChI=1S/C40H42FN5S/c1-2-46(28-14-6-3-7-15-28)40-43-38(31-16-8-9-17-34(31)41)39(47-40)37-32-20-18-29(44-22-10-4-11-23-44)26-35(32)42-36-27-30(19-21-33(36)37)45-24-12-5-13-25-45/h3,6-9,14-21,26-27,37,42H,2,4-5,10-13,22-25H2,1H3. The minimum atomic E-state index is -0.247. The van der Waals surface area contributed by atoms with Gasteiger partial charge in [0.15, 0.2) is 5.13 Å². The van der Waals surface area contributed by atoms with Crippen LogP contribution in [0.15, 0.2) is 91.0 Å². The lowest BCUT2D eigenvalue weighted by atomic mass is 9.83. The molecule has 2 saturated heterocycles. The van der Waals surface area contributed by atoms with Crippen molar-refractivity contribution in [2.45, 2.75) is 51.4 Å². The summed E-state index contributed by atoms with van der Waals surface area (Å²) in [5.41, 5.74) is 9.57. The molecule has 8 rings (SSSR count). The molecule has 0 atom stereocenters. The first kappa shape index (κ1) is 30.0. The summed E-state index contributed by atoms with van der Waals surface area (Å²) in [4.78, 5) is 13.6. The largest absolute Gasteiger partial charge is 0.371 e. The van der Waals surface area contributed by atoms with Gasteiger partial charge < -0.3 is 20.0 Å². The first-order valence-corrected chi connectivity index (χ1v) is 18.1. The number of anilines is 6. The fourth-order valence-electron chi connectivity index (χ4n) is 7.61. The van der Waals surface area contributed by atoms with E-state index in [1.54, 1.807) is 23.5 Å². The highest BCUT2D eigenvalue weighted by molar-refractivity contribution is 7.16. The number of halogens is 1. The van der Waals surface area contributed by atoms with Crippen LogP contribution < -0.4 is 20.0 Å². The average molecular weight is 644 g/mol. The quantitative estimate of drug-likeness (QED) is 0.187. The van der Waals surface area contributed by atoms with Gasteiger partial charge in [0, 0.05) is 77.5 Å². The number of nitrogens with one attached hydrogen (secondary N) is 1. The van der Waals surface area contributed by atoms with Crippen LogP contribution in [0.1, 0.15) is 67.4 Å². The third-order valence-corrected chi connectivity index (χ3v) is 11.2. The number of hydrogen-bond donors (Lipinski definition) is 1. The van der Waals surface area contributed by atoms with Crippen molar-refractivity contribution < 1.29 is 4.39 Å². The summed E-state index contributed by atoms with van der Waals surface area (Å²) in [7, 11) is 0. The Morgan fingerprint density at radius 2 is 1.32 bits per heavy atom. The van der Waals surface area contributed by atoms with E-state index in [0.29, 0.717) is 5.56 Å². The lowest BCUT2D eigenvalue weighted by Crippen LogP contribution is -2.30. The Balaban J connectivity index is 1.31. The zero-order chi connectivity index (χ0) is 31.7. The molecule has 2 fully saturated rings. The summed E-state index contributed by atoms with van der Waals surface area (Å²) in [6.07, 6.45) is 7.55. The number of nitrogens with zero attached hydrogens (tertiary/aromatic N) is 4. The Morgan fingerprint density at radius 3 is 1.89 bits per heavy atom. The van der Waals surface area contributed by atoms with E-state index in [4.69, 9.17) is 4.98 Å². The lowest BCUT2D eigenvalue weighted by molar-refractivity contribution is 0.577. The fraction of sp³-hybridized carbons (Fsp3) is 0.325. The molecule has 0 saturated carbocycles. The van der Waals surface area contributed by atoms with Gasteiger partial charge in [-0.05, 0) is 105 Å². The number of para-hydroxylation sites is 1. The Morgan fingerprint density at radius 1 is 0.745 bits per heavy atom. The van der Waals surface area contributed by atoms with E-state index >= 15 is 4.39 Å². The van der Waals surface area contributed by atoms with Crippen molar-refractivity contribution in [2.75, 3.05) is 52.7 Å². The van der Waals surface area contributed by atoms with Crippen LogP contribution in [0.4, 0.5) is 38.0 Å². The molecule has 0 radical (unpaired) electrons. The minimum Gasteiger partial charge on any atom is -0.371 e. The highest BCUT2D eigenvalue weighted by Crippen LogP contribution is 2.52. The molecule has 0 aliphatic carbocycles. The minimum absolute atomic E-state index is 0.0950. The van der Waals surface area contributed by atoms with Gasteiger partial charge in [0.2, 0.25) is 0 Å². The van der Waals surface area contributed by atoms with Crippen LogP contribution in [-0.2, 0) is 0 Å². The van der Waals surface area contributed by atoms with E-state index in [1.807, 2.05) is 18.2 Å². The maximum Gasteiger partial charge on any atom is 0.190 e. The molecular formula is C40H42FN5S. The molecule has 1 N–H and O–H groups in total. The molecule has 0 amide bonds. The van der Waals surface area contributed by atoms with Gasteiger partial charge in [-0.3, -0.25) is 0 Å². The van der Waals surface area contributed by atoms with Gasteiger partial charge in [0.25, 0.3) is 0 Å². The topological polar surface area (TPSA) is 34.6 Å². The predicted molar refractivity (Wildman–Crippen MR) is 196 cm³/mol. The first-order chi connectivity index (χ1) is 23.2. The van der Waals surface area contributed by atoms with Crippen LogP contribution >= 0.6 is 11.3 Å². The van der Waals surface area contributed by atoms with Gasteiger partial charge in [0.1, 0.15) is 5.82 Å². The predicted octanol–water partition coefficient (Wildman–Crippen LogP) is 10.3. The highest BCUT2D eigenvalue weighted by atomic mass is 32.1. The molecule has 240 valence electrons. The molecule has 3 aliphatic rings. The molecular weight excluding hydrogens is 602 g/mol. The van der Waals surface area contributed by atoms with E-state index in [9.17, 15) is 0 Å². The van der Waals surface area contributed by atoms with E-state index in [2.05, 4.69) is 87.6 Å². The third kappa shape index (κ3) is 5.75. The number of fused-ring (bicyclic) bond motifs is 2. The van der Waals surface area contributed by atoms with Crippen LogP contribution in [0.25, 0.3) is 11.3 Å². The van der Waals surface area contributed by atoms with E-state index in [-0.39, 0.29) is 11.7 Å². The fourth-order valence-corrected chi connectivity index (χ4v) is 8.92. The van der Waals surface area contributed by atoms with Crippen molar-refractivity contribution in [3.05, 3.63) is 113 Å². The number of hydrogen-bond acceptors (Lipinski definition) is 6. The number of aromatic nitrogens is 1. The van der Waals surface area contributed by atoms with Crippen LogP contribution in [0.2, 0.25) is 0 Å². The number of piperidine rings is 2. The normalized spacial score (nSPS) is 16.4. The van der Waals surface area contributed by atoms with E-state index in [0.717, 1.165) is 65.5 Å². The Bertz CT molecular complexity index is 1790. The van der Waals surface area contributed by atoms with Crippen molar-refractivity contribution >= 4 is 44.9 Å². The Labute approximate surface area is 281 Å². The number of benzene rings is 4.